The molecule has 2 N–H and O–H groups in total. The van der Waals surface area contributed by atoms with Crippen LogP contribution in [-0.4, -0.2) is 27.3 Å². The number of nitrogens with two attached hydrogens (primary N) is 1. The summed E-state index contributed by atoms with van der Waals surface area (Å²) < 4.78 is 0. The molecule has 0 spiro atoms. The molecule has 0 fully saturated rings. The van der Waals surface area contributed by atoms with Crippen molar-refractivity contribution in [3.05, 3.63) is 52.3 Å². The predicted octanol–water partition coefficient (Wildman–Crippen LogP) is 1.84. The fourth-order valence-corrected chi connectivity index (χ4v) is 2.65. The molecule has 2 aromatic rings. The smallest absolute Gasteiger partial charge is 0.227 e. The highest BCUT2D eigenvalue weighted by Gasteiger charge is 2.22. The molecule has 0 unspecified atom stereocenters. The summed E-state index contributed by atoms with van der Waals surface area (Å²) in [6.07, 6.45) is 2.80. The van der Waals surface area contributed by atoms with Crippen LogP contribution in [0.2, 0.25) is 5.02 Å². The van der Waals surface area contributed by atoms with E-state index in [0.29, 0.717) is 24.5 Å². The molecule has 1 aliphatic heterocycles. The molecule has 2 heterocycles. The third-order valence-electron chi connectivity index (χ3n) is 3.62. The second kappa shape index (κ2) is 5.69. The average Bonchev–Trinajstić information content (AvgIpc) is 2.48. The summed E-state index contributed by atoms with van der Waals surface area (Å²) in [6, 6.07) is 7.41. The lowest BCUT2D eigenvalue weighted by atomic mass is 10.1. The summed E-state index contributed by atoms with van der Waals surface area (Å²) in [5.74, 6) is 0.292. The van der Waals surface area contributed by atoms with Crippen LogP contribution in [0.15, 0.2) is 30.5 Å². The topological polar surface area (TPSA) is 72.1 Å². The number of rotatable bonds is 2. The van der Waals surface area contributed by atoms with Crippen LogP contribution in [0.1, 0.15) is 16.8 Å². The SMILES string of the molecule is Nc1ncc2c(n1)CN(C(=O)Cc1ccccc1Cl)CC2. The van der Waals surface area contributed by atoms with E-state index in [1.807, 2.05) is 18.2 Å². The van der Waals surface area contributed by atoms with Gasteiger partial charge in [0.15, 0.2) is 0 Å². The maximum absolute atomic E-state index is 12.4. The van der Waals surface area contributed by atoms with Gasteiger partial charge in [-0.2, -0.15) is 0 Å². The van der Waals surface area contributed by atoms with Crippen molar-refractivity contribution < 1.29 is 4.79 Å². The molecular formula is C15H15ClN4O. The van der Waals surface area contributed by atoms with E-state index in [1.54, 1.807) is 17.2 Å². The van der Waals surface area contributed by atoms with Gasteiger partial charge in [-0.25, -0.2) is 9.97 Å². The Kier molecular flexibility index (Phi) is 3.75. The highest BCUT2D eigenvalue weighted by molar-refractivity contribution is 6.31. The molecule has 1 amide bonds. The lowest BCUT2D eigenvalue weighted by Gasteiger charge is -2.28. The first-order chi connectivity index (χ1) is 10.1. The molecule has 108 valence electrons. The normalized spacial score (nSPS) is 13.9. The molecule has 0 saturated heterocycles. The number of nitrogens with zero attached hydrogens (tertiary/aromatic N) is 3. The number of carbonyl (C=O) groups excluding carboxylic acids is 1. The fourth-order valence-electron chi connectivity index (χ4n) is 2.45. The molecule has 1 aromatic heterocycles. The molecule has 0 saturated carbocycles. The molecule has 1 aromatic carbocycles. The lowest BCUT2D eigenvalue weighted by molar-refractivity contribution is -0.131. The van der Waals surface area contributed by atoms with Gasteiger partial charge in [0.05, 0.1) is 18.7 Å². The van der Waals surface area contributed by atoms with Crippen molar-refractivity contribution in [2.75, 3.05) is 12.3 Å². The number of hydrogen-bond acceptors (Lipinski definition) is 4. The van der Waals surface area contributed by atoms with Crippen molar-refractivity contribution in [2.24, 2.45) is 0 Å². The first-order valence-corrected chi connectivity index (χ1v) is 7.13. The van der Waals surface area contributed by atoms with E-state index in [4.69, 9.17) is 17.3 Å². The van der Waals surface area contributed by atoms with Crippen molar-refractivity contribution in [3.8, 4) is 0 Å². The van der Waals surface area contributed by atoms with Gasteiger partial charge in [0.2, 0.25) is 11.9 Å². The van der Waals surface area contributed by atoms with Gasteiger partial charge in [-0.1, -0.05) is 29.8 Å². The van der Waals surface area contributed by atoms with Crippen molar-refractivity contribution in [1.82, 2.24) is 14.9 Å². The molecule has 6 heteroatoms. The van der Waals surface area contributed by atoms with E-state index < -0.39 is 0 Å². The van der Waals surface area contributed by atoms with Crippen molar-refractivity contribution in [3.63, 3.8) is 0 Å². The van der Waals surface area contributed by atoms with Crippen LogP contribution < -0.4 is 5.73 Å². The summed E-state index contributed by atoms with van der Waals surface area (Å²) in [5.41, 5.74) is 8.34. The molecule has 0 bridgehead atoms. The second-order valence-electron chi connectivity index (χ2n) is 5.03. The number of nitrogen functional groups attached to an aromatic ring is 1. The molecule has 3 rings (SSSR count). The van der Waals surface area contributed by atoms with Crippen LogP contribution in [0.25, 0.3) is 0 Å². The lowest BCUT2D eigenvalue weighted by Crippen LogP contribution is -2.37. The second-order valence-corrected chi connectivity index (χ2v) is 5.44. The van der Waals surface area contributed by atoms with E-state index in [-0.39, 0.29) is 11.9 Å². The van der Waals surface area contributed by atoms with Gasteiger partial charge in [0, 0.05) is 17.8 Å². The summed E-state index contributed by atoms with van der Waals surface area (Å²) in [7, 11) is 0. The van der Waals surface area contributed by atoms with Crippen molar-refractivity contribution in [2.45, 2.75) is 19.4 Å². The van der Waals surface area contributed by atoms with Crippen molar-refractivity contribution in [1.29, 1.82) is 0 Å². The van der Waals surface area contributed by atoms with Crippen LogP contribution in [0.4, 0.5) is 5.95 Å². The molecule has 5 nitrogen and oxygen atoms in total. The van der Waals surface area contributed by atoms with Gasteiger partial charge in [-0.3, -0.25) is 4.79 Å². The minimum atomic E-state index is 0.0472. The van der Waals surface area contributed by atoms with Gasteiger partial charge in [-0.05, 0) is 23.6 Å². The van der Waals surface area contributed by atoms with Gasteiger partial charge in [0.25, 0.3) is 0 Å². The third-order valence-corrected chi connectivity index (χ3v) is 3.99. The highest BCUT2D eigenvalue weighted by Crippen LogP contribution is 2.20. The number of halogens is 1. The zero-order valence-corrected chi connectivity index (χ0v) is 12.2. The average molecular weight is 303 g/mol. The Labute approximate surface area is 127 Å². The van der Waals surface area contributed by atoms with E-state index in [9.17, 15) is 4.79 Å². The molecular weight excluding hydrogens is 288 g/mol. The van der Waals surface area contributed by atoms with E-state index in [0.717, 1.165) is 23.2 Å². The third kappa shape index (κ3) is 2.97. The van der Waals surface area contributed by atoms with Crippen LogP contribution in [-0.2, 0) is 24.2 Å². The Hall–Kier alpha value is -2.14. The maximum atomic E-state index is 12.4. The van der Waals surface area contributed by atoms with Gasteiger partial charge in [0.1, 0.15) is 0 Å². The van der Waals surface area contributed by atoms with Gasteiger partial charge >= 0.3 is 0 Å². The molecule has 0 aliphatic carbocycles. The number of fused-ring (bicyclic) bond motifs is 1. The first-order valence-electron chi connectivity index (χ1n) is 6.75. The number of benzene rings is 1. The Morgan fingerprint density at radius 2 is 2.19 bits per heavy atom. The van der Waals surface area contributed by atoms with Gasteiger partial charge in [-0.15, -0.1) is 0 Å². The molecule has 1 aliphatic rings. The van der Waals surface area contributed by atoms with E-state index in [2.05, 4.69) is 9.97 Å². The minimum absolute atomic E-state index is 0.0472. The van der Waals surface area contributed by atoms with Gasteiger partial charge < -0.3 is 10.6 Å². The summed E-state index contributed by atoms with van der Waals surface area (Å²) in [5, 5.41) is 0.620. The van der Waals surface area contributed by atoms with E-state index >= 15 is 0 Å². The van der Waals surface area contributed by atoms with Crippen LogP contribution in [0, 0.1) is 0 Å². The quantitative estimate of drug-likeness (QED) is 0.919. The van der Waals surface area contributed by atoms with Crippen LogP contribution in [0.5, 0.6) is 0 Å². The molecule has 0 atom stereocenters. The largest absolute Gasteiger partial charge is 0.368 e. The number of hydrogen-bond donors (Lipinski definition) is 1. The number of anilines is 1. The molecule has 0 radical (unpaired) electrons. The Bertz CT molecular complexity index is 689. The van der Waals surface area contributed by atoms with Crippen LogP contribution in [0.3, 0.4) is 0 Å². The molecule has 21 heavy (non-hydrogen) atoms. The predicted molar refractivity (Wildman–Crippen MR) is 80.7 cm³/mol. The zero-order chi connectivity index (χ0) is 14.8. The summed E-state index contributed by atoms with van der Waals surface area (Å²) in [6.45, 7) is 1.15. The Morgan fingerprint density at radius 1 is 1.38 bits per heavy atom. The minimum Gasteiger partial charge on any atom is -0.368 e. The maximum Gasteiger partial charge on any atom is 0.227 e. The monoisotopic (exact) mass is 302 g/mol. The zero-order valence-electron chi connectivity index (χ0n) is 11.4. The number of carbonyl (C=O) groups is 1. The summed E-state index contributed by atoms with van der Waals surface area (Å²) >= 11 is 6.10. The highest BCUT2D eigenvalue weighted by atomic mass is 35.5. The Balaban J connectivity index is 1.74. The number of amides is 1. The van der Waals surface area contributed by atoms with E-state index in [1.165, 1.54) is 0 Å². The number of aromatic nitrogens is 2. The Morgan fingerprint density at radius 3 is 3.00 bits per heavy atom. The van der Waals surface area contributed by atoms with Crippen LogP contribution >= 0.6 is 11.6 Å². The summed E-state index contributed by atoms with van der Waals surface area (Å²) in [4.78, 5) is 22.4. The van der Waals surface area contributed by atoms with Crippen molar-refractivity contribution >= 4 is 23.5 Å². The first kappa shape index (κ1) is 13.8. The standard InChI is InChI=1S/C15H15ClN4O/c16-12-4-2-1-3-10(12)7-14(21)20-6-5-11-8-18-15(17)19-13(11)9-20/h1-4,8H,5-7,9H2,(H2,17,18,19). The fraction of sp³-hybridized carbons (Fsp3) is 0.267.